The number of carbonyl (C=O) groups excluding carboxylic acids is 1. The van der Waals surface area contributed by atoms with Crippen molar-refractivity contribution in [1.82, 2.24) is 0 Å². The van der Waals surface area contributed by atoms with Crippen molar-refractivity contribution in [2.24, 2.45) is 5.92 Å². The molecular weight excluding hydrogens is 240 g/mol. The smallest absolute Gasteiger partial charge is 0.306 e. The molecule has 0 aliphatic carbocycles. The van der Waals surface area contributed by atoms with Gasteiger partial charge in [0, 0.05) is 19.6 Å². The highest BCUT2D eigenvalue weighted by atomic mass is 16.5. The highest BCUT2D eigenvalue weighted by Gasteiger charge is 2.09. The lowest BCUT2D eigenvalue weighted by atomic mass is 10.0. The zero-order valence-electron chi connectivity index (χ0n) is 13.2. The van der Waals surface area contributed by atoms with Gasteiger partial charge in [0.25, 0.3) is 0 Å². The van der Waals surface area contributed by atoms with E-state index in [-0.39, 0.29) is 12.1 Å². The van der Waals surface area contributed by atoms with Gasteiger partial charge in [0.2, 0.25) is 0 Å². The standard InChI is InChI=1S/C16H32O3/c1-5-18-13-8-6-7-12-16(17)19-15(4)11-9-10-14(2)3/h14-15H,5-13H2,1-4H3. The first-order chi connectivity index (χ1) is 9.06. The minimum Gasteiger partial charge on any atom is -0.463 e. The molecule has 114 valence electrons. The lowest BCUT2D eigenvalue weighted by Gasteiger charge is -2.13. The third-order valence-corrected chi connectivity index (χ3v) is 3.10. The number of unbranched alkanes of at least 4 members (excludes halogenated alkanes) is 2. The van der Waals surface area contributed by atoms with Crippen molar-refractivity contribution in [3.63, 3.8) is 0 Å². The Morgan fingerprint density at radius 3 is 2.37 bits per heavy atom. The number of carbonyl (C=O) groups is 1. The van der Waals surface area contributed by atoms with Crippen LogP contribution in [0.1, 0.15) is 72.6 Å². The Hall–Kier alpha value is -0.570. The van der Waals surface area contributed by atoms with E-state index in [0.717, 1.165) is 51.2 Å². The molecule has 3 nitrogen and oxygen atoms in total. The monoisotopic (exact) mass is 272 g/mol. The van der Waals surface area contributed by atoms with Crippen molar-refractivity contribution in [2.75, 3.05) is 13.2 Å². The van der Waals surface area contributed by atoms with Crippen LogP contribution in [0.2, 0.25) is 0 Å². The fourth-order valence-corrected chi connectivity index (χ4v) is 1.95. The van der Waals surface area contributed by atoms with Crippen molar-refractivity contribution >= 4 is 5.97 Å². The molecule has 0 saturated carbocycles. The Balaban J connectivity index is 3.41. The Labute approximate surface area is 119 Å². The number of ether oxygens (including phenoxy) is 2. The average Bonchev–Trinajstić information content (AvgIpc) is 2.33. The quantitative estimate of drug-likeness (QED) is 0.391. The average molecular weight is 272 g/mol. The maximum Gasteiger partial charge on any atom is 0.306 e. The van der Waals surface area contributed by atoms with Gasteiger partial charge >= 0.3 is 5.97 Å². The minimum atomic E-state index is -0.0477. The maximum atomic E-state index is 11.6. The zero-order valence-corrected chi connectivity index (χ0v) is 13.2. The summed E-state index contributed by atoms with van der Waals surface area (Å²) in [6, 6.07) is 0. The molecule has 0 saturated heterocycles. The van der Waals surface area contributed by atoms with Crippen molar-refractivity contribution < 1.29 is 14.3 Å². The predicted molar refractivity (Wildman–Crippen MR) is 79.2 cm³/mol. The molecule has 0 N–H and O–H groups in total. The van der Waals surface area contributed by atoms with Crippen LogP contribution in [0.4, 0.5) is 0 Å². The summed E-state index contributed by atoms with van der Waals surface area (Å²) >= 11 is 0. The second-order valence-corrected chi connectivity index (χ2v) is 5.63. The highest BCUT2D eigenvalue weighted by molar-refractivity contribution is 5.69. The minimum absolute atomic E-state index is 0.0477. The molecule has 0 aliphatic rings. The van der Waals surface area contributed by atoms with Crippen LogP contribution in [0.15, 0.2) is 0 Å². The zero-order chi connectivity index (χ0) is 14.5. The van der Waals surface area contributed by atoms with Crippen LogP contribution in [0.25, 0.3) is 0 Å². The first-order valence-corrected chi connectivity index (χ1v) is 7.83. The van der Waals surface area contributed by atoms with Gasteiger partial charge in [0.05, 0.1) is 6.10 Å². The number of rotatable bonds is 12. The molecule has 0 aromatic heterocycles. The summed E-state index contributed by atoms with van der Waals surface area (Å²) in [6.07, 6.45) is 6.91. The van der Waals surface area contributed by atoms with Gasteiger partial charge in [-0.15, -0.1) is 0 Å². The van der Waals surface area contributed by atoms with E-state index in [1.54, 1.807) is 0 Å². The molecule has 0 radical (unpaired) electrons. The van der Waals surface area contributed by atoms with E-state index in [0.29, 0.717) is 6.42 Å². The van der Waals surface area contributed by atoms with Crippen LogP contribution in [0.5, 0.6) is 0 Å². The Morgan fingerprint density at radius 2 is 1.74 bits per heavy atom. The number of hydrogen-bond acceptors (Lipinski definition) is 3. The molecule has 0 aliphatic heterocycles. The predicted octanol–water partition coefficient (Wildman–Crippen LogP) is 4.34. The van der Waals surface area contributed by atoms with Crippen LogP contribution in [-0.2, 0) is 14.3 Å². The largest absolute Gasteiger partial charge is 0.463 e. The molecule has 0 spiro atoms. The molecular formula is C16H32O3. The van der Waals surface area contributed by atoms with Gasteiger partial charge in [-0.1, -0.05) is 26.7 Å². The van der Waals surface area contributed by atoms with Crippen molar-refractivity contribution in [3.8, 4) is 0 Å². The Kier molecular flexibility index (Phi) is 12.1. The molecule has 0 bridgehead atoms. The van der Waals surface area contributed by atoms with Gasteiger partial charge in [-0.3, -0.25) is 4.79 Å². The van der Waals surface area contributed by atoms with Gasteiger partial charge in [0.1, 0.15) is 0 Å². The van der Waals surface area contributed by atoms with Gasteiger partial charge in [-0.2, -0.15) is 0 Å². The molecule has 0 aromatic carbocycles. The molecule has 19 heavy (non-hydrogen) atoms. The van der Waals surface area contributed by atoms with E-state index in [2.05, 4.69) is 13.8 Å². The van der Waals surface area contributed by atoms with Crippen molar-refractivity contribution in [3.05, 3.63) is 0 Å². The first kappa shape index (κ1) is 18.4. The molecule has 0 amide bonds. The van der Waals surface area contributed by atoms with E-state index in [1.807, 2.05) is 13.8 Å². The summed E-state index contributed by atoms with van der Waals surface area (Å²) < 4.78 is 10.6. The molecule has 0 fully saturated rings. The van der Waals surface area contributed by atoms with Crippen molar-refractivity contribution in [1.29, 1.82) is 0 Å². The summed E-state index contributed by atoms with van der Waals surface area (Å²) in [5, 5.41) is 0. The number of hydrogen-bond donors (Lipinski definition) is 0. The van der Waals surface area contributed by atoms with E-state index >= 15 is 0 Å². The summed E-state index contributed by atoms with van der Waals surface area (Å²) in [6.45, 7) is 10.0. The summed E-state index contributed by atoms with van der Waals surface area (Å²) in [4.78, 5) is 11.6. The van der Waals surface area contributed by atoms with Crippen LogP contribution >= 0.6 is 0 Å². The van der Waals surface area contributed by atoms with E-state index in [1.165, 1.54) is 6.42 Å². The summed E-state index contributed by atoms with van der Waals surface area (Å²) in [5.41, 5.74) is 0. The highest BCUT2D eigenvalue weighted by Crippen LogP contribution is 2.11. The molecule has 3 heteroatoms. The first-order valence-electron chi connectivity index (χ1n) is 7.83. The van der Waals surface area contributed by atoms with Gasteiger partial charge in [0.15, 0.2) is 0 Å². The van der Waals surface area contributed by atoms with E-state index < -0.39 is 0 Å². The molecule has 0 aromatic rings. The van der Waals surface area contributed by atoms with Crippen LogP contribution in [0, 0.1) is 5.92 Å². The second kappa shape index (κ2) is 12.5. The SMILES string of the molecule is CCOCCCCCC(=O)OC(C)CCCC(C)C. The third-order valence-electron chi connectivity index (χ3n) is 3.10. The normalized spacial score (nSPS) is 12.7. The third kappa shape index (κ3) is 13.7. The van der Waals surface area contributed by atoms with E-state index in [4.69, 9.17) is 9.47 Å². The Bertz CT molecular complexity index is 214. The molecule has 0 rings (SSSR count). The van der Waals surface area contributed by atoms with Crippen LogP contribution in [0.3, 0.4) is 0 Å². The van der Waals surface area contributed by atoms with Crippen LogP contribution in [-0.4, -0.2) is 25.3 Å². The topological polar surface area (TPSA) is 35.5 Å². The molecule has 1 unspecified atom stereocenters. The molecule has 0 heterocycles. The summed E-state index contributed by atoms with van der Waals surface area (Å²) in [7, 11) is 0. The van der Waals surface area contributed by atoms with Gasteiger partial charge in [-0.05, 0) is 45.4 Å². The fourth-order valence-electron chi connectivity index (χ4n) is 1.95. The lowest BCUT2D eigenvalue weighted by molar-refractivity contribution is -0.148. The fraction of sp³-hybridized carbons (Fsp3) is 0.938. The van der Waals surface area contributed by atoms with Crippen molar-refractivity contribution in [2.45, 2.75) is 78.7 Å². The Morgan fingerprint density at radius 1 is 1.00 bits per heavy atom. The second-order valence-electron chi connectivity index (χ2n) is 5.63. The van der Waals surface area contributed by atoms with E-state index in [9.17, 15) is 4.79 Å². The van der Waals surface area contributed by atoms with Crippen LogP contribution < -0.4 is 0 Å². The summed E-state index contributed by atoms with van der Waals surface area (Å²) in [5.74, 6) is 0.682. The maximum absolute atomic E-state index is 11.6. The lowest BCUT2D eigenvalue weighted by Crippen LogP contribution is -2.14. The molecule has 1 atom stereocenters. The number of esters is 1. The van der Waals surface area contributed by atoms with Gasteiger partial charge < -0.3 is 9.47 Å². The van der Waals surface area contributed by atoms with Gasteiger partial charge in [-0.25, -0.2) is 0 Å².